The number of esters is 1. The fraction of sp³-hybridized carbons (Fsp3) is 0.800. The van der Waals surface area contributed by atoms with Gasteiger partial charge in [-0.25, -0.2) is 4.79 Å². The normalized spacial score (nSPS) is 12.4. The molecule has 1 N–H and O–H groups in total. The summed E-state index contributed by atoms with van der Waals surface area (Å²) in [6.45, 7) is 0.622. The lowest BCUT2D eigenvalue weighted by Gasteiger charge is -2.03. The second kappa shape index (κ2) is 5.39. The van der Waals surface area contributed by atoms with Gasteiger partial charge < -0.3 is 4.74 Å². The molecule has 0 bridgehead atoms. The molecule has 0 atom stereocenters. The molecule has 0 aromatic carbocycles. The van der Waals surface area contributed by atoms with Crippen LogP contribution in [0, 0.1) is 0 Å². The summed E-state index contributed by atoms with van der Waals surface area (Å²) < 4.78 is 58.5. The summed E-state index contributed by atoms with van der Waals surface area (Å²) in [7, 11) is -9.20. The van der Waals surface area contributed by atoms with Crippen LogP contribution >= 0.6 is 0 Å². The molecule has 0 rings (SSSR count). The van der Waals surface area contributed by atoms with E-state index in [0.29, 0.717) is 0 Å². The molecular weight excluding hydrogens is 252 g/mol. The largest absolute Gasteiger partial charge is 0.464 e. The predicted octanol–water partition coefficient (Wildman–Crippen LogP) is -1.26. The van der Waals surface area contributed by atoms with Gasteiger partial charge in [-0.05, 0) is 6.92 Å². The standard InChI is InChI=1S/C5H10O8S2/c1-2-12-5(6)3-13-15(10,11)4-14(7,8)9/h2-4H2,1H3,(H,7,8,9). The highest BCUT2D eigenvalue weighted by molar-refractivity contribution is 8.03. The molecule has 0 aromatic rings. The van der Waals surface area contributed by atoms with Crippen LogP contribution in [0.2, 0.25) is 0 Å². The van der Waals surface area contributed by atoms with Crippen molar-refractivity contribution in [1.29, 1.82) is 0 Å². The molecule has 0 radical (unpaired) electrons. The first-order chi connectivity index (χ1) is 6.66. The minimum Gasteiger partial charge on any atom is -0.464 e. The molecule has 0 spiro atoms. The number of hydrogen-bond acceptors (Lipinski definition) is 7. The lowest BCUT2D eigenvalue weighted by Crippen LogP contribution is -2.22. The maximum atomic E-state index is 10.8. The minimum atomic E-state index is -4.71. The van der Waals surface area contributed by atoms with Gasteiger partial charge in [-0.3, -0.25) is 8.74 Å². The number of carbonyl (C=O) groups excluding carboxylic acids is 1. The van der Waals surface area contributed by atoms with Crippen LogP contribution in [-0.4, -0.2) is 45.7 Å². The van der Waals surface area contributed by atoms with Gasteiger partial charge in [0.1, 0.15) is 0 Å². The first-order valence-corrected chi connectivity index (χ1v) is 6.83. The van der Waals surface area contributed by atoms with E-state index in [0.717, 1.165) is 0 Å². The third-order valence-corrected chi connectivity index (χ3v) is 3.78. The second-order valence-electron chi connectivity index (χ2n) is 2.32. The maximum Gasteiger partial charge on any atom is 0.333 e. The number of carbonyl (C=O) groups is 1. The van der Waals surface area contributed by atoms with Crippen molar-refractivity contribution in [2.75, 3.05) is 18.3 Å². The Balaban J connectivity index is 4.24. The molecule has 0 aliphatic carbocycles. The van der Waals surface area contributed by atoms with Crippen LogP contribution in [0.15, 0.2) is 0 Å². The topological polar surface area (TPSA) is 124 Å². The van der Waals surface area contributed by atoms with Crippen molar-refractivity contribution in [3.8, 4) is 0 Å². The van der Waals surface area contributed by atoms with Crippen molar-refractivity contribution in [3.63, 3.8) is 0 Å². The van der Waals surface area contributed by atoms with E-state index in [1.165, 1.54) is 6.92 Å². The average Bonchev–Trinajstić information content (AvgIpc) is 1.97. The van der Waals surface area contributed by atoms with E-state index in [1.54, 1.807) is 0 Å². The van der Waals surface area contributed by atoms with Crippen LogP contribution in [0.5, 0.6) is 0 Å². The van der Waals surface area contributed by atoms with Crippen molar-refractivity contribution >= 4 is 26.2 Å². The zero-order valence-corrected chi connectivity index (χ0v) is 9.38. The lowest BCUT2D eigenvalue weighted by atomic mass is 10.7. The Morgan fingerprint density at radius 1 is 1.27 bits per heavy atom. The summed E-state index contributed by atoms with van der Waals surface area (Å²) >= 11 is 0. The van der Waals surface area contributed by atoms with Crippen LogP contribution in [-0.2, 0) is 34.0 Å². The van der Waals surface area contributed by atoms with Gasteiger partial charge in [-0.2, -0.15) is 16.8 Å². The second-order valence-corrected chi connectivity index (χ2v) is 5.78. The van der Waals surface area contributed by atoms with Crippen molar-refractivity contribution in [3.05, 3.63) is 0 Å². The van der Waals surface area contributed by atoms with Crippen LogP contribution in [0.4, 0.5) is 0 Å². The molecule has 0 amide bonds. The number of ether oxygens (including phenoxy) is 1. The van der Waals surface area contributed by atoms with Gasteiger partial charge >= 0.3 is 5.97 Å². The SMILES string of the molecule is CCOC(=O)COS(=O)(=O)CS(=O)(=O)O. The van der Waals surface area contributed by atoms with Crippen LogP contribution in [0.25, 0.3) is 0 Å². The van der Waals surface area contributed by atoms with E-state index < -0.39 is 37.9 Å². The van der Waals surface area contributed by atoms with Gasteiger partial charge in [0, 0.05) is 0 Å². The highest BCUT2D eigenvalue weighted by Gasteiger charge is 2.22. The van der Waals surface area contributed by atoms with Gasteiger partial charge in [0.2, 0.25) is 5.08 Å². The average molecular weight is 262 g/mol. The van der Waals surface area contributed by atoms with Crippen molar-refractivity contribution < 1.29 is 35.1 Å². The zero-order valence-electron chi connectivity index (χ0n) is 7.74. The van der Waals surface area contributed by atoms with Crippen molar-refractivity contribution in [2.24, 2.45) is 0 Å². The highest BCUT2D eigenvalue weighted by atomic mass is 32.3. The monoisotopic (exact) mass is 262 g/mol. The Morgan fingerprint density at radius 2 is 1.80 bits per heavy atom. The molecule has 0 aromatic heterocycles. The molecule has 0 saturated carbocycles. The van der Waals surface area contributed by atoms with Gasteiger partial charge in [0.15, 0.2) is 6.61 Å². The van der Waals surface area contributed by atoms with Crippen LogP contribution < -0.4 is 0 Å². The van der Waals surface area contributed by atoms with Gasteiger partial charge in [-0.1, -0.05) is 0 Å². The molecule has 90 valence electrons. The first kappa shape index (κ1) is 14.3. The van der Waals surface area contributed by atoms with E-state index in [4.69, 9.17) is 4.55 Å². The molecule has 0 saturated heterocycles. The first-order valence-electron chi connectivity index (χ1n) is 3.64. The minimum absolute atomic E-state index is 0.0422. The fourth-order valence-electron chi connectivity index (χ4n) is 0.557. The van der Waals surface area contributed by atoms with Gasteiger partial charge in [-0.15, -0.1) is 0 Å². The Kier molecular flexibility index (Phi) is 5.14. The molecule has 0 aliphatic rings. The Hall–Kier alpha value is -0.710. The zero-order chi connectivity index (χ0) is 12.1. The maximum absolute atomic E-state index is 10.8. The molecule has 0 unspecified atom stereocenters. The Morgan fingerprint density at radius 3 is 2.20 bits per heavy atom. The van der Waals surface area contributed by atoms with E-state index in [2.05, 4.69) is 8.92 Å². The smallest absolute Gasteiger partial charge is 0.333 e. The Bertz CT molecular complexity index is 404. The summed E-state index contributed by atoms with van der Waals surface area (Å²) in [6.07, 6.45) is 0. The number of rotatable bonds is 6. The van der Waals surface area contributed by atoms with Crippen molar-refractivity contribution in [1.82, 2.24) is 0 Å². The molecular formula is C5H10O8S2. The third-order valence-electron chi connectivity index (χ3n) is 0.955. The van der Waals surface area contributed by atoms with Gasteiger partial charge in [0.25, 0.3) is 20.2 Å². The Labute approximate surface area is 87.1 Å². The summed E-state index contributed by atoms with van der Waals surface area (Å²) in [5.74, 6) is -0.948. The molecule has 15 heavy (non-hydrogen) atoms. The summed E-state index contributed by atoms with van der Waals surface area (Å²) in [6, 6.07) is 0. The molecule has 0 heterocycles. The predicted molar refractivity (Wildman–Crippen MR) is 47.9 cm³/mol. The molecule has 0 fully saturated rings. The molecule has 8 nitrogen and oxygen atoms in total. The molecule has 10 heteroatoms. The fourth-order valence-corrected chi connectivity index (χ4v) is 2.56. The number of hydrogen-bond donors (Lipinski definition) is 1. The van der Waals surface area contributed by atoms with Gasteiger partial charge in [0.05, 0.1) is 6.61 Å². The molecule has 0 aliphatic heterocycles. The third kappa shape index (κ3) is 8.30. The van der Waals surface area contributed by atoms with Crippen LogP contribution in [0.3, 0.4) is 0 Å². The summed E-state index contributed by atoms with van der Waals surface area (Å²) in [4.78, 5) is 10.6. The van der Waals surface area contributed by atoms with Crippen LogP contribution in [0.1, 0.15) is 6.92 Å². The quantitative estimate of drug-likeness (QED) is 0.357. The lowest BCUT2D eigenvalue weighted by molar-refractivity contribution is -0.145. The van der Waals surface area contributed by atoms with E-state index in [1.807, 2.05) is 0 Å². The van der Waals surface area contributed by atoms with E-state index in [-0.39, 0.29) is 6.61 Å². The van der Waals surface area contributed by atoms with Crippen molar-refractivity contribution in [2.45, 2.75) is 6.92 Å². The summed E-state index contributed by atoms with van der Waals surface area (Å²) in [5.41, 5.74) is 0. The van der Waals surface area contributed by atoms with E-state index in [9.17, 15) is 21.6 Å². The summed E-state index contributed by atoms with van der Waals surface area (Å²) in [5, 5.41) is -1.60. The highest BCUT2D eigenvalue weighted by Crippen LogP contribution is 1.98. The van der Waals surface area contributed by atoms with E-state index >= 15 is 0 Å².